The van der Waals surface area contributed by atoms with Crippen LogP contribution in [-0.4, -0.2) is 29.7 Å². The van der Waals surface area contributed by atoms with Crippen molar-refractivity contribution >= 4 is 22.7 Å². The van der Waals surface area contributed by atoms with Crippen LogP contribution in [-0.2, 0) is 16.1 Å². The molecule has 0 spiro atoms. The maximum atomic E-state index is 12.4. The van der Waals surface area contributed by atoms with Crippen molar-refractivity contribution < 1.29 is 19.2 Å². The van der Waals surface area contributed by atoms with Crippen LogP contribution in [0.25, 0.3) is 10.9 Å². The normalized spacial score (nSPS) is 16.2. The van der Waals surface area contributed by atoms with Crippen molar-refractivity contribution in [3.63, 3.8) is 0 Å². The summed E-state index contributed by atoms with van der Waals surface area (Å²) in [6, 6.07) is 18.2. The molecular weight excluding hydrogens is 382 g/mol. The zero-order chi connectivity index (χ0) is 20.8. The van der Waals surface area contributed by atoms with Crippen LogP contribution in [0.4, 0.5) is 0 Å². The van der Waals surface area contributed by atoms with Crippen LogP contribution < -0.4 is 10.8 Å². The Hall–Kier alpha value is -3.29. The van der Waals surface area contributed by atoms with E-state index in [-0.39, 0.29) is 18.1 Å². The third-order valence-corrected chi connectivity index (χ3v) is 4.92. The number of amides is 2. The van der Waals surface area contributed by atoms with E-state index in [1.807, 2.05) is 30.3 Å². The van der Waals surface area contributed by atoms with Crippen molar-refractivity contribution in [1.82, 2.24) is 15.8 Å². The minimum atomic E-state index is -0.388. The number of fused-ring (bicyclic) bond motifs is 1. The Morgan fingerprint density at radius 1 is 1.00 bits per heavy atom. The lowest BCUT2D eigenvalue weighted by Crippen LogP contribution is -2.33. The number of ether oxygens (including phenoxy) is 1. The standard InChI is InChI=1S/C23H23N3O4/c27-22(26-30-21-7-3-4-14-29-21)18-10-8-16(9-11-18)15-24-23(28)20-13-12-17-5-1-2-6-19(17)25-20/h1-2,5-6,8-13,21H,3-4,7,14-15H2,(H,24,28)(H,26,27). The number of rotatable bonds is 6. The van der Waals surface area contributed by atoms with Gasteiger partial charge in [0.05, 0.1) is 5.52 Å². The number of pyridine rings is 1. The molecule has 2 aromatic carbocycles. The van der Waals surface area contributed by atoms with Gasteiger partial charge < -0.3 is 10.1 Å². The van der Waals surface area contributed by atoms with Crippen molar-refractivity contribution in [2.75, 3.05) is 6.61 Å². The average Bonchev–Trinajstić information content (AvgIpc) is 2.81. The molecule has 1 unspecified atom stereocenters. The SMILES string of the molecule is O=C(NOC1CCCCO1)c1ccc(CNC(=O)c2ccc3ccccc3n2)cc1. The van der Waals surface area contributed by atoms with Crippen molar-refractivity contribution in [3.8, 4) is 0 Å². The second-order valence-electron chi connectivity index (χ2n) is 7.11. The van der Waals surface area contributed by atoms with Crippen molar-refractivity contribution in [2.24, 2.45) is 0 Å². The van der Waals surface area contributed by atoms with Gasteiger partial charge in [-0.05, 0) is 42.7 Å². The molecule has 1 saturated heterocycles. The molecule has 0 aliphatic carbocycles. The zero-order valence-corrected chi connectivity index (χ0v) is 16.5. The van der Waals surface area contributed by atoms with Gasteiger partial charge in [-0.25, -0.2) is 15.3 Å². The summed E-state index contributed by atoms with van der Waals surface area (Å²) < 4.78 is 5.42. The van der Waals surface area contributed by atoms with Gasteiger partial charge in [0.2, 0.25) is 0 Å². The Labute approximate surface area is 174 Å². The van der Waals surface area contributed by atoms with Crippen LogP contribution in [0.2, 0.25) is 0 Å². The second kappa shape index (κ2) is 9.47. The van der Waals surface area contributed by atoms with E-state index in [2.05, 4.69) is 15.8 Å². The summed E-state index contributed by atoms with van der Waals surface area (Å²) in [5.41, 5.74) is 4.92. The van der Waals surface area contributed by atoms with Crippen LogP contribution in [0.3, 0.4) is 0 Å². The minimum Gasteiger partial charge on any atom is -0.350 e. The molecule has 0 radical (unpaired) electrons. The van der Waals surface area contributed by atoms with Gasteiger partial charge in [0.1, 0.15) is 5.69 Å². The van der Waals surface area contributed by atoms with E-state index in [1.54, 1.807) is 30.3 Å². The number of hydroxylamine groups is 1. The molecule has 154 valence electrons. The highest BCUT2D eigenvalue weighted by molar-refractivity contribution is 5.95. The van der Waals surface area contributed by atoms with Gasteiger partial charge >= 0.3 is 0 Å². The number of hydrogen-bond acceptors (Lipinski definition) is 5. The van der Waals surface area contributed by atoms with Crippen molar-refractivity contribution in [2.45, 2.75) is 32.1 Å². The number of para-hydroxylation sites is 1. The highest BCUT2D eigenvalue weighted by atomic mass is 16.8. The lowest BCUT2D eigenvalue weighted by Gasteiger charge is -2.22. The smallest absolute Gasteiger partial charge is 0.274 e. The van der Waals surface area contributed by atoms with Crippen molar-refractivity contribution in [1.29, 1.82) is 0 Å². The molecule has 1 aromatic heterocycles. The van der Waals surface area contributed by atoms with E-state index in [1.165, 1.54) is 0 Å². The van der Waals surface area contributed by atoms with E-state index < -0.39 is 0 Å². The number of benzene rings is 2. The summed E-state index contributed by atoms with van der Waals surface area (Å²) in [6.07, 6.45) is 2.42. The summed E-state index contributed by atoms with van der Waals surface area (Å²) >= 11 is 0. The predicted octanol–water partition coefficient (Wildman–Crippen LogP) is 3.35. The molecule has 1 atom stereocenters. The molecule has 4 rings (SSSR count). The maximum Gasteiger partial charge on any atom is 0.274 e. The van der Waals surface area contributed by atoms with E-state index in [4.69, 9.17) is 9.57 Å². The molecule has 2 N–H and O–H groups in total. The molecule has 1 aliphatic heterocycles. The summed E-state index contributed by atoms with van der Waals surface area (Å²) in [6.45, 7) is 0.983. The van der Waals surface area contributed by atoms with E-state index in [9.17, 15) is 9.59 Å². The van der Waals surface area contributed by atoms with E-state index >= 15 is 0 Å². The van der Waals surface area contributed by atoms with E-state index in [0.29, 0.717) is 24.4 Å². The fraction of sp³-hybridized carbons (Fsp3) is 0.261. The molecule has 1 fully saturated rings. The van der Waals surface area contributed by atoms with Gasteiger partial charge in [-0.2, -0.15) is 0 Å². The first-order chi connectivity index (χ1) is 14.7. The topological polar surface area (TPSA) is 89.5 Å². The molecule has 7 nitrogen and oxygen atoms in total. The number of hydrogen-bond donors (Lipinski definition) is 2. The summed E-state index contributed by atoms with van der Waals surface area (Å²) in [4.78, 5) is 34.3. The first-order valence-electron chi connectivity index (χ1n) is 9.99. The van der Waals surface area contributed by atoms with Gasteiger partial charge in [0.25, 0.3) is 11.8 Å². The molecule has 2 amide bonds. The third-order valence-electron chi connectivity index (χ3n) is 4.92. The number of aromatic nitrogens is 1. The minimum absolute atomic E-state index is 0.247. The number of nitrogens with one attached hydrogen (secondary N) is 2. The Morgan fingerprint density at radius 2 is 1.83 bits per heavy atom. The molecule has 7 heteroatoms. The van der Waals surface area contributed by atoms with Gasteiger partial charge in [-0.1, -0.05) is 36.4 Å². The second-order valence-corrected chi connectivity index (χ2v) is 7.11. The predicted molar refractivity (Wildman–Crippen MR) is 111 cm³/mol. The Morgan fingerprint density at radius 3 is 2.63 bits per heavy atom. The number of carbonyl (C=O) groups excluding carboxylic acids is 2. The molecule has 0 bridgehead atoms. The molecule has 0 saturated carbocycles. The Kier molecular flexibility index (Phi) is 6.32. The lowest BCUT2D eigenvalue weighted by molar-refractivity contribution is -0.186. The Balaban J connectivity index is 1.29. The fourth-order valence-corrected chi connectivity index (χ4v) is 3.22. The Bertz CT molecular complexity index is 1030. The molecule has 30 heavy (non-hydrogen) atoms. The van der Waals surface area contributed by atoms with Gasteiger partial charge in [-0.3, -0.25) is 9.59 Å². The van der Waals surface area contributed by atoms with Crippen molar-refractivity contribution in [3.05, 3.63) is 77.5 Å². The van der Waals surface area contributed by atoms with Gasteiger partial charge in [0.15, 0.2) is 6.29 Å². The summed E-state index contributed by atoms with van der Waals surface area (Å²) in [7, 11) is 0. The highest BCUT2D eigenvalue weighted by Gasteiger charge is 2.16. The largest absolute Gasteiger partial charge is 0.350 e. The van der Waals surface area contributed by atoms with Crippen LogP contribution in [0.5, 0.6) is 0 Å². The highest BCUT2D eigenvalue weighted by Crippen LogP contribution is 2.14. The van der Waals surface area contributed by atoms with Crippen LogP contribution in [0.15, 0.2) is 60.7 Å². The van der Waals surface area contributed by atoms with Crippen LogP contribution in [0, 0.1) is 0 Å². The zero-order valence-electron chi connectivity index (χ0n) is 16.5. The number of nitrogens with zero attached hydrogens (tertiary/aromatic N) is 1. The van der Waals surface area contributed by atoms with Gasteiger partial charge in [0, 0.05) is 30.5 Å². The molecule has 3 aromatic rings. The first kappa shape index (κ1) is 20.0. The molecule has 1 aliphatic rings. The molecule has 2 heterocycles. The molecular formula is C23H23N3O4. The number of carbonyl (C=O) groups is 2. The lowest BCUT2D eigenvalue weighted by atomic mass is 10.1. The monoisotopic (exact) mass is 405 g/mol. The maximum absolute atomic E-state index is 12.4. The van der Waals surface area contributed by atoms with Crippen LogP contribution >= 0.6 is 0 Å². The average molecular weight is 405 g/mol. The fourth-order valence-electron chi connectivity index (χ4n) is 3.22. The summed E-state index contributed by atoms with van der Waals surface area (Å²) in [5.74, 6) is -0.580. The summed E-state index contributed by atoms with van der Waals surface area (Å²) in [5, 5.41) is 3.84. The van der Waals surface area contributed by atoms with Gasteiger partial charge in [-0.15, -0.1) is 0 Å². The quantitative estimate of drug-likeness (QED) is 0.614. The van der Waals surface area contributed by atoms with E-state index in [0.717, 1.165) is 35.7 Å². The third kappa shape index (κ3) is 5.00. The van der Waals surface area contributed by atoms with Crippen LogP contribution in [0.1, 0.15) is 45.7 Å². The first-order valence-corrected chi connectivity index (χ1v) is 9.99.